The number of guanidine groups is 1. The Kier molecular flexibility index (Phi) is 10.0. The van der Waals surface area contributed by atoms with Gasteiger partial charge in [0.05, 0.1) is 13.7 Å². The largest absolute Gasteiger partial charge is 0.493 e. The molecule has 0 radical (unpaired) electrons. The zero-order chi connectivity index (χ0) is 16.6. The molecule has 23 heavy (non-hydrogen) atoms. The zero-order valence-corrected chi connectivity index (χ0v) is 17.4. The molecule has 1 rings (SSSR count). The second-order valence-electron chi connectivity index (χ2n) is 6.23. The van der Waals surface area contributed by atoms with Gasteiger partial charge in [0.25, 0.3) is 0 Å². The summed E-state index contributed by atoms with van der Waals surface area (Å²) in [6.07, 6.45) is 1.07. The summed E-state index contributed by atoms with van der Waals surface area (Å²) in [6.45, 7) is 10.1. The minimum atomic E-state index is 0. The van der Waals surface area contributed by atoms with Gasteiger partial charge in [-0.05, 0) is 30.9 Å². The van der Waals surface area contributed by atoms with E-state index in [1.807, 2.05) is 25.1 Å². The van der Waals surface area contributed by atoms with Gasteiger partial charge in [0.2, 0.25) is 0 Å². The second-order valence-corrected chi connectivity index (χ2v) is 6.23. The van der Waals surface area contributed by atoms with Crippen LogP contribution in [0.3, 0.4) is 0 Å². The first-order valence-corrected chi connectivity index (χ1v) is 7.68. The molecule has 0 atom stereocenters. The van der Waals surface area contributed by atoms with Gasteiger partial charge in [-0.15, -0.1) is 24.0 Å². The average molecular weight is 435 g/mol. The molecule has 1 aromatic rings. The number of hydrogen-bond acceptors (Lipinski definition) is 3. The number of aliphatic imine (C=N–C) groups is 1. The van der Waals surface area contributed by atoms with Gasteiger partial charge in [0.1, 0.15) is 0 Å². The number of halogens is 1. The molecule has 0 saturated carbocycles. The van der Waals surface area contributed by atoms with E-state index in [1.54, 1.807) is 14.2 Å². The van der Waals surface area contributed by atoms with Crippen LogP contribution < -0.4 is 20.1 Å². The molecule has 132 valence electrons. The van der Waals surface area contributed by atoms with Crippen molar-refractivity contribution in [1.82, 2.24) is 5.32 Å². The highest BCUT2D eigenvalue weighted by molar-refractivity contribution is 14.0. The Morgan fingerprint density at radius 3 is 2.43 bits per heavy atom. The van der Waals surface area contributed by atoms with E-state index in [0.717, 1.165) is 36.1 Å². The molecule has 0 heterocycles. The third-order valence-electron chi connectivity index (χ3n) is 3.12. The molecular weight excluding hydrogens is 405 g/mol. The van der Waals surface area contributed by atoms with Crippen LogP contribution in [0.15, 0.2) is 23.2 Å². The van der Waals surface area contributed by atoms with Gasteiger partial charge >= 0.3 is 0 Å². The summed E-state index contributed by atoms with van der Waals surface area (Å²) in [5.41, 5.74) is 1.21. The lowest BCUT2D eigenvalue weighted by Gasteiger charge is -2.19. The first-order valence-electron chi connectivity index (χ1n) is 7.68. The second kappa shape index (κ2) is 10.6. The number of ether oxygens (including phenoxy) is 2. The van der Waals surface area contributed by atoms with Crippen molar-refractivity contribution in [3.05, 3.63) is 18.2 Å². The van der Waals surface area contributed by atoms with Crippen molar-refractivity contribution in [2.75, 3.05) is 32.6 Å². The highest BCUT2D eigenvalue weighted by Crippen LogP contribution is 2.30. The fourth-order valence-electron chi connectivity index (χ4n) is 1.89. The fourth-order valence-corrected chi connectivity index (χ4v) is 1.89. The lowest BCUT2D eigenvalue weighted by molar-refractivity contribution is 0.311. The van der Waals surface area contributed by atoms with Gasteiger partial charge in [-0.25, -0.2) is 0 Å². The lowest BCUT2D eigenvalue weighted by Crippen LogP contribution is -2.33. The molecular formula is C17H30IN3O2. The van der Waals surface area contributed by atoms with E-state index >= 15 is 0 Å². The molecule has 5 nitrogen and oxygen atoms in total. The molecule has 0 amide bonds. The van der Waals surface area contributed by atoms with Gasteiger partial charge in [-0.1, -0.05) is 20.8 Å². The molecule has 0 spiro atoms. The van der Waals surface area contributed by atoms with Crippen LogP contribution in [0.5, 0.6) is 11.5 Å². The third kappa shape index (κ3) is 8.29. The average Bonchev–Trinajstić information content (AvgIpc) is 2.45. The highest BCUT2D eigenvalue weighted by Gasteiger charge is 2.10. The molecule has 2 N–H and O–H groups in total. The maximum absolute atomic E-state index is 5.58. The Hall–Kier alpha value is -1.18. The predicted octanol–water partition coefficient (Wildman–Crippen LogP) is 4.14. The summed E-state index contributed by atoms with van der Waals surface area (Å²) < 4.78 is 10.9. The SMILES string of the molecule is CCOc1cc(NC(=NC)NCCC(C)(C)C)ccc1OC.I. The van der Waals surface area contributed by atoms with Crippen molar-refractivity contribution in [3.63, 3.8) is 0 Å². The van der Waals surface area contributed by atoms with Crippen molar-refractivity contribution in [2.45, 2.75) is 34.1 Å². The van der Waals surface area contributed by atoms with Crippen LogP contribution in [0, 0.1) is 5.41 Å². The van der Waals surface area contributed by atoms with Gasteiger partial charge in [0, 0.05) is 25.3 Å². The van der Waals surface area contributed by atoms with E-state index in [-0.39, 0.29) is 24.0 Å². The highest BCUT2D eigenvalue weighted by atomic mass is 127. The minimum Gasteiger partial charge on any atom is -0.493 e. The smallest absolute Gasteiger partial charge is 0.195 e. The van der Waals surface area contributed by atoms with Crippen molar-refractivity contribution in [3.8, 4) is 11.5 Å². The van der Waals surface area contributed by atoms with E-state index in [2.05, 4.69) is 36.4 Å². The van der Waals surface area contributed by atoms with Crippen molar-refractivity contribution < 1.29 is 9.47 Å². The van der Waals surface area contributed by atoms with Crippen molar-refractivity contribution >= 4 is 35.6 Å². The van der Waals surface area contributed by atoms with Gasteiger partial charge in [-0.3, -0.25) is 4.99 Å². The van der Waals surface area contributed by atoms with Gasteiger partial charge in [-0.2, -0.15) is 0 Å². The number of methoxy groups -OCH3 is 1. The predicted molar refractivity (Wildman–Crippen MR) is 109 cm³/mol. The maximum atomic E-state index is 5.58. The number of nitrogens with one attached hydrogen (secondary N) is 2. The van der Waals surface area contributed by atoms with E-state index < -0.39 is 0 Å². The Morgan fingerprint density at radius 2 is 1.91 bits per heavy atom. The van der Waals surface area contributed by atoms with Gasteiger partial charge in [0.15, 0.2) is 17.5 Å². The summed E-state index contributed by atoms with van der Waals surface area (Å²) in [4.78, 5) is 4.24. The summed E-state index contributed by atoms with van der Waals surface area (Å²) in [5, 5.41) is 6.59. The number of rotatable bonds is 6. The molecule has 0 fully saturated rings. The number of anilines is 1. The standard InChI is InChI=1S/C17H29N3O2.HI/c1-7-22-15-12-13(8-9-14(15)21-6)20-16(18-5)19-11-10-17(2,3)4;/h8-9,12H,7,10-11H2,1-6H3,(H2,18,19,20);1H. The van der Waals surface area contributed by atoms with Crippen LogP contribution in [0.1, 0.15) is 34.1 Å². The monoisotopic (exact) mass is 435 g/mol. The number of hydrogen-bond donors (Lipinski definition) is 2. The van der Waals surface area contributed by atoms with Crippen LogP contribution in [-0.2, 0) is 0 Å². The first-order chi connectivity index (χ1) is 10.4. The van der Waals surface area contributed by atoms with Crippen LogP contribution in [0.2, 0.25) is 0 Å². The summed E-state index contributed by atoms with van der Waals surface area (Å²) in [7, 11) is 3.40. The summed E-state index contributed by atoms with van der Waals surface area (Å²) >= 11 is 0. The molecule has 0 aromatic heterocycles. The molecule has 0 bridgehead atoms. The van der Waals surface area contributed by atoms with Crippen molar-refractivity contribution in [2.24, 2.45) is 10.4 Å². The molecule has 1 aromatic carbocycles. The number of benzene rings is 1. The molecule has 0 unspecified atom stereocenters. The van der Waals surface area contributed by atoms with E-state index in [0.29, 0.717) is 12.0 Å². The quantitative estimate of drug-likeness (QED) is 0.401. The van der Waals surface area contributed by atoms with Crippen LogP contribution in [0.25, 0.3) is 0 Å². The van der Waals surface area contributed by atoms with Crippen LogP contribution in [-0.4, -0.2) is 33.3 Å². The Labute approximate surface area is 157 Å². The summed E-state index contributed by atoms with van der Waals surface area (Å²) in [5.74, 6) is 2.19. The molecule has 0 aliphatic rings. The van der Waals surface area contributed by atoms with Gasteiger partial charge < -0.3 is 20.1 Å². The maximum Gasteiger partial charge on any atom is 0.195 e. The van der Waals surface area contributed by atoms with Crippen molar-refractivity contribution in [1.29, 1.82) is 0 Å². The fraction of sp³-hybridized carbons (Fsp3) is 0.588. The molecule has 0 saturated heterocycles. The molecule has 6 heteroatoms. The van der Waals surface area contributed by atoms with E-state index in [4.69, 9.17) is 9.47 Å². The first kappa shape index (κ1) is 21.8. The number of nitrogens with zero attached hydrogens (tertiary/aromatic N) is 1. The third-order valence-corrected chi connectivity index (χ3v) is 3.12. The van der Waals surface area contributed by atoms with Crippen LogP contribution >= 0.6 is 24.0 Å². The Morgan fingerprint density at radius 1 is 1.22 bits per heavy atom. The molecule has 0 aliphatic carbocycles. The minimum absolute atomic E-state index is 0. The Balaban J connectivity index is 0.00000484. The zero-order valence-electron chi connectivity index (χ0n) is 15.0. The normalized spacial score (nSPS) is 11.5. The topological polar surface area (TPSA) is 54.9 Å². The Bertz CT molecular complexity index is 499. The molecule has 0 aliphatic heterocycles. The van der Waals surface area contributed by atoms with E-state index in [1.165, 1.54) is 0 Å². The van der Waals surface area contributed by atoms with Crippen LogP contribution in [0.4, 0.5) is 5.69 Å². The summed E-state index contributed by atoms with van der Waals surface area (Å²) in [6, 6.07) is 5.74. The van der Waals surface area contributed by atoms with E-state index in [9.17, 15) is 0 Å². The lowest BCUT2D eigenvalue weighted by atomic mass is 9.92.